The highest BCUT2D eigenvalue weighted by Gasteiger charge is 2.03. The molecule has 0 unspecified atom stereocenters. The van der Waals surface area contributed by atoms with Crippen LogP contribution in [-0.4, -0.2) is 16.6 Å². The van der Waals surface area contributed by atoms with Gasteiger partial charge < -0.3 is 15.2 Å². The maximum absolute atomic E-state index is 5.65. The van der Waals surface area contributed by atoms with Crippen LogP contribution in [0.3, 0.4) is 0 Å². The second kappa shape index (κ2) is 6.15. The van der Waals surface area contributed by atoms with Crippen LogP contribution < -0.4 is 15.2 Å². The molecule has 0 bridgehead atoms. The normalized spacial score (nSPS) is 9.95. The molecule has 1 aromatic heterocycles. The molecular weight excluding hydrogens is 260 g/mol. The molecule has 4 nitrogen and oxygen atoms in total. The van der Waals surface area contributed by atoms with Crippen LogP contribution in [0.5, 0.6) is 17.4 Å². The van der Waals surface area contributed by atoms with Gasteiger partial charge in [-0.15, -0.1) is 0 Å². The zero-order chi connectivity index (χ0) is 13.7. The molecule has 0 spiro atoms. The Balaban J connectivity index is 2.18. The fourth-order valence-electron chi connectivity index (χ4n) is 1.53. The van der Waals surface area contributed by atoms with Gasteiger partial charge in [-0.1, -0.05) is 18.3 Å². The summed E-state index contributed by atoms with van der Waals surface area (Å²) in [6, 6.07) is 10.8. The van der Waals surface area contributed by atoms with Gasteiger partial charge in [-0.2, -0.15) is 0 Å². The van der Waals surface area contributed by atoms with Crippen molar-refractivity contribution in [2.45, 2.75) is 6.92 Å². The van der Waals surface area contributed by atoms with Crippen LogP contribution in [0.4, 0.5) is 0 Å². The van der Waals surface area contributed by atoms with Crippen molar-refractivity contribution in [2.75, 3.05) is 6.61 Å². The van der Waals surface area contributed by atoms with Crippen molar-refractivity contribution >= 4 is 17.2 Å². The highest BCUT2D eigenvalue weighted by Crippen LogP contribution is 2.24. The Labute approximate surface area is 117 Å². The summed E-state index contributed by atoms with van der Waals surface area (Å²) in [7, 11) is 0. The van der Waals surface area contributed by atoms with Gasteiger partial charge in [0.15, 0.2) is 0 Å². The Kier molecular flexibility index (Phi) is 4.30. The van der Waals surface area contributed by atoms with E-state index >= 15 is 0 Å². The van der Waals surface area contributed by atoms with Gasteiger partial charge in [0.05, 0.1) is 6.61 Å². The minimum Gasteiger partial charge on any atom is -0.494 e. The van der Waals surface area contributed by atoms with Crippen LogP contribution in [0.1, 0.15) is 12.5 Å². The first-order chi connectivity index (χ1) is 9.19. The molecule has 98 valence electrons. The van der Waals surface area contributed by atoms with Gasteiger partial charge in [0.2, 0.25) is 5.88 Å². The van der Waals surface area contributed by atoms with Gasteiger partial charge in [-0.25, -0.2) is 4.98 Å². The lowest BCUT2D eigenvalue weighted by atomic mass is 10.2. The molecule has 0 atom stereocenters. The summed E-state index contributed by atoms with van der Waals surface area (Å²) >= 11 is 4.92. The smallest absolute Gasteiger partial charge is 0.219 e. The quantitative estimate of drug-likeness (QED) is 0.850. The number of thiocarbonyl (C=S) groups is 1. The molecule has 0 aliphatic rings. The molecular formula is C14H14N2O2S. The first kappa shape index (κ1) is 13.3. The van der Waals surface area contributed by atoms with Gasteiger partial charge in [0, 0.05) is 23.9 Å². The van der Waals surface area contributed by atoms with Crippen LogP contribution in [0.2, 0.25) is 0 Å². The van der Waals surface area contributed by atoms with E-state index in [-0.39, 0.29) is 0 Å². The minimum absolute atomic E-state index is 0.315. The number of aromatic nitrogens is 1. The van der Waals surface area contributed by atoms with E-state index in [9.17, 15) is 0 Å². The maximum Gasteiger partial charge on any atom is 0.219 e. The lowest BCUT2D eigenvalue weighted by Crippen LogP contribution is -2.09. The third-order valence-electron chi connectivity index (χ3n) is 2.36. The number of rotatable bonds is 5. The Hall–Kier alpha value is -2.14. The highest BCUT2D eigenvalue weighted by molar-refractivity contribution is 7.80. The van der Waals surface area contributed by atoms with Gasteiger partial charge in [-0.05, 0) is 25.1 Å². The monoisotopic (exact) mass is 274 g/mol. The lowest BCUT2D eigenvalue weighted by Gasteiger charge is -2.08. The molecule has 0 radical (unpaired) electrons. The average molecular weight is 274 g/mol. The summed E-state index contributed by atoms with van der Waals surface area (Å²) in [6.45, 7) is 2.54. The molecule has 1 heterocycles. The Morgan fingerprint density at radius 3 is 2.79 bits per heavy atom. The summed E-state index contributed by atoms with van der Waals surface area (Å²) in [6.07, 6.45) is 1.61. The topological polar surface area (TPSA) is 57.4 Å². The predicted octanol–water partition coefficient (Wildman–Crippen LogP) is 2.91. The van der Waals surface area contributed by atoms with Crippen LogP contribution in [0.15, 0.2) is 42.6 Å². The average Bonchev–Trinajstić information content (AvgIpc) is 2.40. The minimum atomic E-state index is 0.315. The van der Waals surface area contributed by atoms with Crippen LogP contribution in [0, 0.1) is 0 Å². The highest BCUT2D eigenvalue weighted by atomic mass is 32.1. The van der Waals surface area contributed by atoms with Gasteiger partial charge in [0.25, 0.3) is 0 Å². The Bertz CT molecular complexity index is 587. The third-order valence-corrected chi connectivity index (χ3v) is 2.59. The van der Waals surface area contributed by atoms with Crippen LogP contribution in [0.25, 0.3) is 0 Å². The number of hydrogen-bond donors (Lipinski definition) is 1. The number of benzene rings is 1. The Morgan fingerprint density at radius 1 is 1.26 bits per heavy atom. The number of nitrogens with two attached hydrogens (primary N) is 1. The zero-order valence-electron chi connectivity index (χ0n) is 10.5. The van der Waals surface area contributed by atoms with E-state index < -0.39 is 0 Å². The molecule has 0 fully saturated rings. The second-order valence-electron chi connectivity index (χ2n) is 3.76. The van der Waals surface area contributed by atoms with Crippen molar-refractivity contribution < 1.29 is 9.47 Å². The summed E-state index contributed by atoms with van der Waals surface area (Å²) in [5.74, 6) is 1.85. The van der Waals surface area contributed by atoms with Gasteiger partial charge in [0.1, 0.15) is 16.5 Å². The largest absolute Gasteiger partial charge is 0.494 e. The molecule has 2 N–H and O–H groups in total. The van der Waals surface area contributed by atoms with E-state index in [0.717, 1.165) is 11.3 Å². The molecule has 2 aromatic rings. The molecule has 0 saturated heterocycles. The molecule has 5 heteroatoms. The zero-order valence-corrected chi connectivity index (χ0v) is 11.3. The molecule has 0 aliphatic heterocycles. The molecule has 1 aromatic carbocycles. The molecule has 0 saturated carbocycles. The summed E-state index contributed by atoms with van der Waals surface area (Å²) in [5, 5.41) is 0. The molecule has 2 rings (SSSR count). The number of ether oxygens (including phenoxy) is 2. The van der Waals surface area contributed by atoms with E-state index in [4.69, 9.17) is 27.4 Å². The first-order valence-electron chi connectivity index (χ1n) is 5.85. The van der Waals surface area contributed by atoms with Crippen LogP contribution >= 0.6 is 12.2 Å². The third kappa shape index (κ3) is 3.66. The van der Waals surface area contributed by atoms with Crippen molar-refractivity contribution in [1.29, 1.82) is 0 Å². The standard InChI is InChI=1S/C14H14N2O2S/c1-2-17-11-4-3-5-12(9-11)18-13-8-10(14(15)19)6-7-16-13/h3-9H,2H2,1H3,(H2,15,19). The Morgan fingerprint density at radius 2 is 2.05 bits per heavy atom. The van der Waals surface area contributed by atoms with E-state index in [1.54, 1.807) is 24.4 Å². The van der Waals surface area contributed by atoms with Gasteiger partial charge >= 0.3 is 0 Å². The molecule has 0 aliphatic carbocycles. The summed E-state index contributed by atoms with van der Waals surface area (Å²) in [4.78, 5) is 4.43. The van der Waals surface area contributed by atoms with Crippen molar-refractivity contribution in [3.63, 3.8) is 0 Å². The molecule has 19 heavy (non-hydrogen) atoms. The van der Waals surface area contributed by atoms with Crippen molar-refractivity contribution in [3.05, 3.63) is 48.2 Å². The fourth-order valence-corrected chi connectivity index (χ4v) is 1.66. The van der Waals surface area contributed by atoms with E-state index in [0.29, 0.717) is 23.2 Å². The number of pyridine rings is 1. The van der Waals surface area contributed by atoms with E-state index in [2.05, 4.69) is 4.98 Å². The predicted molar refractivity (Wildman–Crippen MR) is 77.8 cm³/mol. The summed E-state index contributed by atoms with van der Waals surface area (Å²) in [5.41, 5.74) is 6.29. The maximum atomic E-state index is 5.65. The molecule has 0 amide bonds. The van der Waals surface area contributed by atoms with Crippen molar-refractivity contribution in [1.82, 2.24) is 4.98 Å². The number of nitrogens with zero attached hydrogens (tertiary/aromatic N) is 1. The van der Waals surface area contributed by atoms with Crippen molar-refractivity contribution in [3.8, 4) is 17.4 Å². The van der Waals surface area contributed by atoms with Gasteiger partial charge in [-0.3, -0.25) is 0 Å². The van der Waals surface area contributed by atoms with Crippen molar-refractivity contribution in [2.24, 2.45) is 5.73 Å². The fraction of sp³-hybridized carbons (Fsp3) is 0.143. The number of hydrogen-bond acceptors (Lipinski definition) is 4. The SMILES string of the molecule is CCOc1cccc(Oc2cc(C(N)=S)ccn2)c1. The first-order valence-corrected chi connectivity index (χ1v) is 6.26. The van der Waals surface area contributed by atoms with E-state index in [1.807, 2.05) is 25.1 Å². The summed E-state index contributed by atoms with van der Waals surface area (Å²) < 4.78 is 11.1. The second-order valence-corrected chi connectivity index (χ2v) is 4.20. The van der Waals surface area contributed by atoms with E-state index in [1.165, 1.54) is 0 Å². The lowest BCUT2D eigenvalue weighted by molar-refractivity contribution is 0.338. The van der Waals surface area contributed by atoms with Crippen LogP contribution in [-0.2, 0) is 0 Å².